The third kappa shape index (κ3) is 5.71. The zero-order valence-electron chi connectivity index (χ0n) is 19.5. The molecule has 34 heavy (non-hydrogen) atoms. The highest BCUT2D eigenvalue weighted by molar-refractivity contribution is 7.92. The second kappa shape index (κ2) is 10.1. The fourth-order valence-electron chi connectivity index (χ4n) is 3.77. The molecular weight excluding hydrogens is 470 g/mol. The van der Waals surface area contributed by atoms with Crippen molar-refractivity contribution >= 4 is 38.6 Å². The summed E-state index contributed by atoms with van der Waals surface area (Å²) in [6, 6.07) is 15.4. The molecule has 9 heteroatoms. The average Bonchev–Trinajstić information content (AvgIpc) is 3.46. The molecule has 2 aromatic carbocycles. The van der Waals surface area contributed by atoms with Gasteiger partial charge in [-0.15, -0.1) is 11.3 Å². The molecule has 1 heterocycles. The smallest absolute Gasteiger partial charge is 0.264 e. The molecule has 0 bridgehead atoms. The first kappa shape index (κ1) is 24.1. The number of nitrogens with zero attached hydrogens (tertiary/aromatic N) is 2. The van der Waals surface area contributed by atoms with Crippen LogP contribution in [0.15, 0.2) is 64.9 Å². The van der Waals surface area contributed by atoms with E-state index in [1.807, 2.05) is 53.5 Å². The molecule has 1 N–H and O–H groups in total. The predicted octanol–water partition coefficient (Wildman–Crippen LogP) is 4.68. The molecule has 0 aliphatic heterocycles. The van der Waals surface area contributed by atoms with Gasteiger partial charge in [0.15, 0.2) is 0 Å². The number of ether oxygens (including phenoxy) is 1. The molecule has 0 radical (unpaired) electrons. The summed E-state index contributed by atoms with van der Waals surface area (Å²) in [5, 5.41) is 1.91. The van der Waals surface area contributed by atoms with Crippen molar-refractivity contribution in [2.45, 2.75) is 24.3 Å². The van der Waals surface area contributed by atoms with Crippen LogP contribution in [0.4, 0.5) is 11.4 Å². The minimum Gasteiger partial charge on any atom is -0.497 e. The molecule has 1 aliphatic rings. The molecule has 0 unspecified atom stereocenters. The van der Waals surface area contributed by atoms with Gasteiger partial charge in [0, 0.05) is 38.6 Å². The lowest BCUT2D eigenvalue weighted by Gasteiger charge is -2.26. The number of amides is 1. The Kier molecular flexibility index (Phi) is 7.13. The summed E-state index contributed by atoms with van der Waals surface area (Å²) in [4.78, 5) is 17.9. The Labute approximate surface area is 205 Å². The zero-order valence-corrected chi connectivity index (χ0v) is 21.2. The largest absolute Gasteiger partial charge is 0.497 e. The molecule has 1 amide bonds. The van der Waals surface area contributed by atoms with Crippen molar-refractivity contribution < 1.29 is 17.9 Å². The number of carbonyl (C=O) groups is 1. The Balaban J connectivity index is 1.61. The van der Waals surface area contributed by atoms with Crippen LogP contribution in [0, 0.1) is 5.92 Å². The summed E-state index contributed by atoms with van der Waals surface area (Å²) in [5.41, 5.74) is 2.27. The summed E-state index contributed by atoms with van der Waals surface area (Å²) in [6.45, 7) is 1.10. The van der Waals surface area contributed by atoms with Gasteiger partial charge in [0.2, 0.25) is 0 Å². The summed E-state index contributed by atoms with van der Waals surface area (Å²) < 4.78 is 33.7. The number of nitrogens with one attached hydrogen (secondary N) is 1. The van der Waals surface area contributed by atoms with Gasteiger partial charge in [-0.3, -0.25) is 9.52 Å². The lowest BCUT2D eigenvalue weighted by molar-refractivity contribution is 0.0740. The van der Waals surface area contributed by atoms with Gasteiger partial charge in [-0.05, 0) is 78.2 Å². The van der Waals surface area contributed by atoms with Crippen LogP contribution in [-0.4, -0.2) is 47.0 Å². The Bertz CT molecular complexity index is 1240. The molecule has 1 aliphatic carbocycles. The van der Waals surface area contributed by atoms with E-state index in [0.717, 1.165) is 24.1 Å². The number of benzene rings is 2. The van der Waals surface area contributed by atoms with E-state index in [0.29, 0.717) is 35.3 Å². The monoisotopic (exact) mass is 499 g/mol. The molecule has 0 saturated heterocycles. The lowest BCUT2D eigenvalue weighted by atomic mass is 10.1. The number of thiophene rings is 1. The van der Waals surface area contributed by atoms with Crippen molar-refractivity contribution in [1.29, 1.82) is 0 Å². The minimum absolute atomic E-state index is 0.0100. The number of methoxy groups -OCH3 is 1. The second-order valence-electron chi connectivity index (χ2n) is 8.63. The number of hydrogen-bond acceptors (Lipinski definition) is 6. The maximum absolute atomic E-state index is 13.2. The molecule has 1 saturated carbocycles. The molecule has 0 atom stereocenters. The average molecular weight is 500 g/mol. The van der Waals surface area contributed by atoms with Crippen molar-refractivity contribution in [3.05, 3.63) is 70.4 Å². The highest BCUT2D eigenvalue weighted by Gasteiger charge is 2.28. The molecule has 1 aromatic heterocycles. The second-order valence-corrected chi connectivity index (χ2v) is 11.3. The highest BCUT2D eigenvalue weighted by atomic mass is 32.2. The normalized spacial score (nSPS) is 13.4. The van der Waals surface area contributed by atoms with Crippen LogP contribution in [0.1, 0.15) is 28.1 Å². The Morgan fingerprint density at radius 1 is 1.12 bits per heavy atom. The van der Waals surface area contributed by atoms with E-state index < -0.39 is 10.0 Å². The van der Waals surface area contributed by atoms with E-state index in [9.17, 15) is 13.2 Å². The summed E-state index contributed by atoms with van der Waals surface area (Å²) in [5.74, 6) is 1.13. The number of carbonyl (C=O) groups excluding carboxylic acids is 1. The molecule has 180 valence electrons. The Morgan fingerprint density at radius 2 is 1.85 bits per heavy atom. The molecule has 0 spiro atoms. The van der Waals surface area contributed by atoms with Crippen LogP contribution in [-0.2, 0) is 16.6 Å². The van der Waals surface area contributed by atoms with Crippen molar-refractivity contribution in [3.63, 3.8) is 0 Å². The summed E-state index contributed by atoms with van der Waals surface area (Å²) in [6.07, 6.45) is 2.27. The predicted molar refractivity (Wildman–Crippen MR) is 136 cm³/mol. The first-order valence-electron chi connectivity index (χ1n) is 11.1. The van der Waals surface area contributed by atoms with E-state index in [2.05, 4.69) is 4.72 Å². The topological polar surface area (TPSA) is 79.0 Å². The Hall–Kier alpha value is -3.04. The first-order chi connectivity index (χ1) is 16.3. The van der Waals surface area contributed by atoms with E-state index in [1.54, 1.807) is 18.2 Å². The first-order valence-corrected chi connectivity index (χ1v) is 13.4. The van der Waals surface area contributed by atoms with Crippen LogP contribution >= 0.6 is 11.3 Å². The minimum atomic E-state index is -3.78. The number of hydrogen-bond donors (Lipinski definition) is 1. The number of rotatable bonds is 10. The SMILES string of the molecule is COc1ccc(S(=O)(=O)Nc2ccc(N(C)C)c(CN(CC3CC3)C(=O)c3cccs3)c2)cc1. The lowest BCUT2D eigenvalue weighted by Crippen LogP contribution is -2.32. The molecule has 4 rings (SSSR count). The van der Waals surface area contributed by atoms with E-state index in [-0.39, 0.29) is 10.8 Å². The number of sulfonamides is 1. The molecule has 1 fully saturated rings. The third-order valence-corrected chi connectivity index (χ3v) is 7.99. The fourth-order valence-corrected chi connectivity index (χ4v) is 5.51. The highest BCUT2D eigenvalue weighted by Crippen LogP contribution is 2.33. The molecule has 3 aromatic rings. The maximum Gasteiger partial charge on any atom is 0.264 e. The van der Waals surface area contributed by atoms with Crippen LogP contribution in [0.5, 0.6) is 5.75 Å². The van der Waals surface area contributed by atoms with E-state index in [1.165, 1.54) is 30.6 Å². The van der Waals surface area contributed by atoms with Gasteiger partial charge in [-0.2, -0.15) is 0 Å². The number of anilines is 2. The van der Waals surface area contributed by atoms with E-state index >= 15 is 0 Å². The van der Waals surface area contributed by atoms with Gasteiger partial charge in [0.1, 0.15) is 5.75 Å². The van der Waals surface area contributed by atoms with Crippen molar-refractivity contribution in [1.82, 2.24) is 4.90 Å². The van der Waals surface area contributed by atoms with Gasteiger partial charge in [-0.1, -0.05) is 6.07 Å². The van der Waals surface area contributed by atoms with Gasteiger partial charge in [0.05, 0.1) is 16.9 Å². The van der Waals surface area contributed by atoms with Crippen LogP contribution in [0.2, 0.25) is 0 Å². The standard InChI is InChI=1S/C25H29N3O4S2/c1-27(2)23-13-8-20(26-34(30,31)22-11-9-21(32-3)10-12-22)15-19(23)17-28(16-18-6-7-18)25(29)24-5-4-14-33-24/h4-5,8-15,18,26H,6-7,16-17H2,1-3H3. The quantitative estimate of drug-likeness (QED) is 0.438. The van der Waals surface area contributed by atoms with E-state index in [4.69, 9.17) is 4.74 Å². The molecular formula is C25H29N3O4S2. The van der Waals surface area contributed by atoms with Crippen LogP contribution < -0.4 is 14.4 Å². The third-order valence-electron chi connectivity index (χ3n) is 5.74. The molecule has 7 nitrogen and oxygen atoms in total. The van der Waals surface area contributed by atoms with Crippen LogP contribution in [0.25, 0.3) is 0 Å². The summed E-state index contributed by atoms with van der Waals surface area (Å²) >= 11 is 1.44. The fraction of sp³-hybridized carbons (Fsp3) is 0.320. The van der Waals surface area contributed by atoms with Crippen molar-refractivity contribution in [2.75, 3.05) is 37.4 Å². The summed E-state index contributed by atoms with van der Waals surface area (Å²) in [7, 11) is 1.63. The van der Waals surface area contributed by atoms with Gasteiger partial charge >= 0.3 is 0 Å². The maximum atomic E-state index is 13.2. The Morgan fingerprint density at radius 3 is 2.44 bits per heavy atom. The van der Waals surface area contributed by atoms with Gasteiger partial charge in [0.25, 0.3) is 15.9 Å². The zero-order chi connectivity index (χ0) is 24.3. The van der Waals surface area contributed by atoms with Gasteiger partial charge < -0.3 is 14.5 Å². The van der Waals surface area contributed by atoms with Crippen molar-refractivity contribution in [3.8, 4) is 5.75 Å². The van der Waals surface area contributed by atoms with Crippen LogP contribution in [0.3, 0.4) is 0 Å². The van der Waals surface area contributed by atoms with Crippen molar-refractivity contribution in [2.24, 2.45) is 5.92 Å². The van der Waals surface area contributed by atoms with Gasteiger partial charge in [-0.25, -0.2) is 8.42 Å².